The molecule has 314 valence electrons. The number of carbonyl (C=O) groups is 1. The van der Waals surface area contributed by atoms with Crippen LogP contribution in [0, 0.1) is 0 Å². The largest absolute Gasteiger partial charge is 0.469 e. The zero-order chi connectivity index (χ0) is 48.9. The first-order valence-corrected chi connectivity index (χ1v) is 27.3. The lowest BCUT2D eigenvalue weighted by Gasteiger charge is -2.32. The van der Waals surface area contributed by atoms with Crippen LogP contribution < -0.4 is 0 Å². The highest BCUT2D eigenvalue weighted by atomic mass is 16.5. The Labute approximate surface area is 412 Å². The van der Waals surface area contributed by atoms with E-state index < -0.39 is 16.2 Å². The van der Waals surface area contributed by atoms with Crippen molar-refractivity contribution in [1.82, 2.24) is 0 Å². The molecule has 1 saturated carbocycles. The van der Waals surface area contributed by atoms with Crippen LogP contribution in [0.4, 0.5) is 0 Å². The summed E-state index contributed by atoms with van der Waals surface area (Å²) in [5.41, 5.74) is 3.26. The third-order valence-electron chi connectivity index (χ3n) is 26.6. The number of carbonyl (C=O) groups excluding carboxylic acids is 1. The van der Waals surface area contributed by atoms with Crippen molar-refractivity contribution in [2.24, 2.45) is 0 Å². The van der Waals surface area contributed by atoms with Gasteiger partial charge in [0, 0.05) is 22.7 Å². The summed E-state index contributed by atoms with van der Waals surface area (Å²) in [5.74, 6) is -0.271. The van der Waals surface area contributed by atoms with Gasteiger partial charge >= 0.3 is 5.97 Å². The summed E-state index contributed by atoms with van der Waals surface area (Å²) >= 11 is 0. The lowest BCUT2D eigenvalue weighted by Crippen LogP contribution is -2.27. The normalized spacial score (nSPS) is 24.5. The minimum atomic E-state index is -1.08. The van der Waals surface area contributed by atoms with E-state index in [0.29, 0.717) is 18.4 Å². The molecule has 0 unspecified atom stereocenters. The van der Waals surface area contributed by atoms with Gasteiger partial charge in [-0.25, -0.2) is 0 Å². The average molecular weight is 916 g/mol. The Morgan fingerprint density at radius 1 is 0.324 bits per heavy atom. The molecule has 0 N–H and O–H groups in total. The zero-order valence-corrected chi connectivity index (χ0v) is 37.9. The maximum atomic E-state index is 13.8. The van der Waals surface area contributed by atoms with Crippen molar-refractivity contribution in [3.05, 3.63) is 58.0 Å². The van der Waals surface area contributed by atoms with Crippen molar-refractivity contribution < 1.29 is 16.4 Å². The first kappa shape index (κ1) is 25.7. The van der Waals surface area contributed by atoms with E-state index in [-0.39, 0.29) is 42.6 Å². The molecule has 0 heterocycles. The Kier molecular flexibility index (Phi) is 2.26. The second-order valence-electron chi connectivity index (χ2n) is 26.6. The van der Waals surface area contributed by atoms with Crippen molar-refractivity contribution in [2.45, 2.75) is 35.5 Å². The highest BCUT2D eigenvalue weighted by Gasteiger charge is 2.94. The SMILES string of the molecule is [2H]c1c([2H])c([2H])c(C2(CCCC(=O)OC)C34c5c6c7c8c9c%10c(c%11c%12c3c3c5c5c%13c6c6c7c7c9c9c%14c%10c%10c%11c%11c%12c%12c3c3c5c5c%13c%13c6c6c7c9c7c9c%14c%10c%10c%11c%11c%12c3c3c5c5c%13c6c7c6c9c%10c%11c3c56)C824)c([2H])c1[2H]. The van der Waals surface area contributed by atoms with Crippen LogP contribution in [-0.2, 0) is 25.8 Å². The second kappa shape index (κ2) is 6.52. The van der Waals surface area contributed by atoms with E-state index in [9.17, 15) is 11.6 Å². The highest BCUT2D eigenvalue weighted by molar-refractivity contribution is 6.82. The van der Waals surface area contributed by atoms with E-state index in [2.05, 4.69) is 0 Å². The predicted molar refractivity (Wildman–Crippen MR) is 308 cm³/mol. The molecule has 2 heteroatoms. The summed E-state index contributed by atoms with van der Waals surface area (Å²) in [5, 5.41) is 80.4. The number of hydrogen-bond acceptors (Lipinski definition) is 2. The number of rotatable bonds is 5. The monoisotopic (exact) mass is 915 g/mol. The first-order valence-electron chi connectivity index (χ1n) is 29.8. The molecule has 1 fully saturated rings. The minimum absolute atomic E-state index is 0.0830. The van der Waals surface area contributed by atoms with Crippen LogP contribution in [0.3, 0.4) is 0 Å². The molecule has 34 rings (SSSR count). The number of methoxy groups -OCH3 is 1. The number of esters is 1. The van der Waals surface area contributed by atoms with Crippen molar-refractivity contribution in [3.63, 3.8) is 0 Å². The van der Waals surface area contributed by atoms with Gasteiger partial charge in [0.1, 0.15) is 0 Å². The maximum absolute atomic E-state index is 13.8. The Morgan fingerprint density at radius 3 is 0.703 bits per heavy atom. The predicted octanol–water partition coefficient (Wildman–Crippen LogP) is 18.6. The zero-order valence-electron chi connectivity index (χ0n) is 42.9. The standard InChI is InChI=1S/C72H14O2/c1-74-11(73)8-5-9-70(10-6-3-2-4-7-10)71-66-58-50-40-30-22-14-12-13-16-20-18(14)26-34-28(20)38-32-24(16)25-17(13)21-19-15(12)23(22)31-37-27(19)35-29(21)39-33(25)43-42(32)52-46(38)56-48(34)54(44(50)36(26)30)62(66)64(56)68-60(52)61-53(43)47(39)57-49(35)55-45(37)51(41(31)40)59(58)67(71)63(55)65(57)69(61)72(68,70)71/h2-4,6-7H,5,8-9H2,1H3/i2D,3D,4D,6D,7D. The summed E-state index contributed by atoms with van der Waals surface area (Å²) < 4.78 is 55.4. The van der Waals surface area contributed by atoms with Gasteiger partial charge < -0.3 is 4.74 Å². The van der Waals surface area contributed by atoms with E-state index in [4.69, 9.17) is 4.74 Å². The Hall–Kier alpha value is -8.85. The van der Waals surface area contributed by atoms with Crippen molar-refractivity contribution >= 4 is 297 Å². The molecule has 5 aliphatic rings. The smallest absolute Gasteiger partial charge is 0.305 e. The summed E-state index contributed by atoms with van der Waals surface area (Å²) in [6, 6.07) is -1.05. The fourth-order valence-corrected chi connectivity index (χ4v) is 26.7. The van der Waals surface area contributed by atoms with Crippen molar-refractivity contribution in [2.75, 3.05) is 7.11 Å². The molecular weight excluding hydrogens is 897 g/mol. The first-order chi connectivity index (χ1) is 38.9. The molecule has 2 nitrogen and oxygen atoms in total. The van der Waals surface area contributed by atoms with E-state index in [0.717, 1.165) is 0 Å². The third kappa shape index (κ3) is 1.50. The van der Waals surface area contributed by atoms with E-state index in [1.807, 2.05) is 0 Å². The van der Waals surface area contributed by atoms with E-state index in [1.165, 1.54) is 266 Å². The molecule has 2 spiro atoms. The van der Waals surface area contributed by atoms with Gasteiger partial charge in [-0.3, -0.25) is 4.79 Å². The molecule has 5 aliphatic carbocycles. The minimum Gasteiger partial charge on any atom is -0.469 e. The summed E-state index contributed by atoms with van der Waals surface area (Å²) in [6.45, 7) is 0. The van der Waals surface area contributed by atoms with Crippen LogP contribution in [0.25, 0.3) is 291 Å². The van der Waals surface area contributed by atoms with Crippen LogP contribution in [0.15, 0.2) is 30.2 Å². The van der Waals surface area contributed by atoms with Gasteiger partial charge in [0.15, 0.2) is 0 Å². The topological polar surface area (TPSA) is 26.3 Å². The molecular formula is C72H14O2. The van der Waals surface area contributed by atoms with Crippen molar-refractivity contribution in [3.8, 4) is 0 Å². The fourth-order valence-electron chi connectivity index (χ4n) is 26.7. The molecule has 0 saturated heterocycles. The fraction of sp³-hybridized carbons (Fsp3) is 0.0972. The van der Waals surface area contributed by atoms with Gasteiger partial charge in [-0.15, -0.1) is 0 Å². The van der Waals surface area contributed by atoms with Gasteiger partial charge in [-0.2, -0.15) is 0 Å². The van der Waals surface area contributed by atoms with Gasteiger partial charge in [-0.05, 0) is 332 Å². The summed E-state index contributed by atoms with van der Waals surface area (Å²) in [6.07, 6.45) is 1.11. The Balaban J connectivity index is 1.08. The van der Waals surface area contributed by atoms with Gasteiger partial charge in [0.2, 0.25) is 0 Å². The van der Waals surface area contributed by atoms with Crippen LogP contribution in [0.5, 0.6) is 0 Å². The quantitative estimate of drug-likeness (QED) is 0.127. The number of hydrogen-bond donors (Lipinski definition) is 0. The maximum Gasteiger partial charge on any atom is 0.305 e. The molecule has 0 aromatic heterocycles. The molecule has 0 amide bonds. The molecule has 74 heavy (non-hydrogen) atoms. The van der Waals surface area contributed by atoms with Crippen LogP contribution in [0.2, 0.25) is 0 Å². The average Bonchev–Trinajstić information content (AvgIpc) is 1.37. The summed E-state index contributed by atoms with van der Waals surface area (Å²) in [4.78, 5) is 13.8. The third-order valence-corrected chi connectivity index (χ3v) is 26.6. The van der Waals surface area contributed by atoms with Crippen LogP contribution >= 0.6 is 0 Å². The van der Waals surface area contributed by atoms with Crippen molar-refractivity contribution in [1.29, 1.82) is 0 Å². The molecule has 0 radical (unpaired) electrons. The summed E-state index contributed by atoms with van der Waals surface area (Å²) in [7, 11) is 1.48. The van der Waals surface area contributed by atoms with E-state index >= 15 is 0 Å². The van der Waals surface area contributed by atoms with Gasteiger partial charge in [-0.1, -0.05) is 30.2 Å². The van der Waals surface area contributed by atoms with Gasteiger partial charge in [0.25, 0.3) is 0 Å². The van der Waals surface area contributed by atoms with Crippen LogP contribution in [0.1, 0.15) is 53.9 Å². The molecule has 29 aromatic carbocycles. The number of ether oxygens (including phenoxy) is 1. The number of benzene rings is 19. The lowest BCUT2D eigenvalue weighted by atomic mass is 9.68. The Bertz CT molecular complexity index is 7280. The molecule has 0 atom stereocenters. The van der Waals surface area contributed by atoms with Crippen LogP contribution in [-0.4, -0.2) is 13.1 Å². The lowest BCUT2D eigenvalue weighted by molar-refractivity contribution is -0.140. The second-order valence-corrected chi connectivity index (χ2v) is 26.6. The van der Waals surface area contributed by atoms with Gasteiger partial charge in [0.05, 0.1) is 14.0 Å². The van der Waals surface area contributed by atoms with E-state index in [1.54, 1.807) is 53.9 Å². The Morgan fingerprint density at radius 2 is 0.514 bits per heavy atom. The molecule has 29 aromatic rings. The molecule has 0 bridgehead atoms. The highest BCUT2D eigenvalue weighted by Crippen LogP contribution is 2.97. The molecule has 0 aliphatic heterocycles.